The van der Waals surface area contributed by atoms with Crippen molar-refractivity contribution in [3.63, 3.8) is 0 Å². The van der Waals surface area contributed by atoms with Gasteiger partial charge in [-0.1, -0.05) is 25.1 Å². The second-order valence-electron chi connectivity index (χ2n) is 4.46. The SMILES string of the molecule is CCc1cccc(Nc2ccc3cc[nH]c3c2)c1. The molecule has 18 heavy (non-hydrogen) atoms. The molecule has 2 nitrogen and oxygen atoms in total. The molecule has 0 atom stereocenters. The number of H-pyrrole nitrogens is 1. The van der Waals surface area contributed by atoms with Crippen LogP contribution in [0, 0.1) is 0 Å². The van der Waals surface area contributed by atoms with Crippen LogP contribution in [0.4, 0.5) is 11.4 Å². The van der Waals surface area contributed by atoms with Crippen molar-refractivity contribution in [2.45, 2.75) is 13.3 Å². The quantitative estimate of drug-likeness (QED) is 0.689. The molecule has 0 radical (unpaired) electrons. The molecule has 1 heterocycles. The van der Waals surface area contributed by atoms with E-state index in [0.717, 1.165) is 23.3 Å². The number of benzene rings is 2. The highest BCUT2D eigenvalue weighted by atomic mass is 14.9. The largest absolute Gasteiger partial charge is 0.361 e. The summed E-state index contributed by atoms with van der Waals surface area (Å²) < 4.78 is 0. The number of fused-ring (bicyclic) bond motifs is 1. The van der Waals surface area contributed by atoms with Crippen molar-refractivity contribution in [1.82, 2.24) is 4.98 Å². The summed E-state index contributed by atoms with van der Waals surface area (Å²) in [6, 6.07) is 17.0. The van der Waals surface area contributed by atoms with Gasteiger partial charge in [0.05, 0.1) is 0 Å². The molecule has 0 saturated carbocycles. The summed E-state index contributed by atoms with van der Waals surface area (Å²) in [5.74, 6) is 0. The molecule has 0 bridgehead atoms. The first-order valence-electron chi connectivity index (χ1n) is 6.28. The molecule has 0 aliphatic rings. The van der Waals surface area contributed by atoms with Crippen molar-refractivity contribution in [2.75, 3.05) is 5.32 Å². The molecular weight excluding hydrogens is 220 g/mol. The van der Waals surface area contributed by atoms with Gasteiger partial charge in [0, 0.05) is 23.1 Å². The molecule has 0 aliphatic carbocycles. The monoisotopic (exact) mass is 236 g/mol. The van der Waals surface area contributed by atoms with Crippen molar-refractivity contribution >= 4 is 22.3 Å². The maximum atomic E-state index is 3.44. The molecule has 1 aromatic heterocycles. The standard InChI is InChI=1S/C16H16N2/c1-2-12-4-3-5-14(10-12)18-15-7-6-13-8-9-17-16(13)11-15/h3-11,17-18H,2H2,1H3. The van der Waals surface area contributed by atoms with Gasteiger partial charge in [0.15, 0.2) is 0 Å². The first kappa shape index (κ1) is 10.9. The second kappa shape index (κ2) is 4.57. The van der Waals surface area contributed by atoms with E-state index in [1.54, 1.807) is 0 Å². The number of aromatic nitrogens is 1. The lowest BCUT2D eigenvalue weighted by Crippen LogP contribution is -1.91. The maximum Gasteiger partial charge on any atom is 0.0474 e. The Morgan fingerprint density at radius 1 is 1.00 bits per heavy atom. The number of hydrogen-bond donors (Lipinski definition) is 2. The highest BCUT2D eigenvalue weighted by Crippen LogP contribution is 2.22. The second-order valence-corrected chi connectivity index (χ2v) is 4.46. The van der Waals surface area contributed by atoms with Crippen LogP contribution in [0.1, 0.15) is 12.5 Å². The summed E-state index contributed by atoms with van der Waals surface area (Å²) in [4.78, 5) is 3.23. The van der Waals surface area contributed by atoms with Crippen LogP contribution in [0.5, 0.6) is 0 Å². The Bertz CT molecular complexity index is 667. The topological polar surface area (TPSA) is 27.8 Å². The van der Waals surface area contributed by atoms with Gasteiger partial charge in [-0.15, -0.1) is 0 Å². The fraction of sp³-hybridized carbons (Fsp3) is 0.125. The molecule has 0 amide bonds. The van der Waals surface area contributed by atoms with Crippen molar-refractivity contribution in [3.8, 4) is 0 Å². The summed E-state index contributed by atoms with van der Waals surface area (Å²) in [6.07, 6.45) is 3.03. The van der Waals surface area contributed by atoms with Crippen LogP contribution in [-0.4, -0.2) is 4.98 Å². The number of aromatic amines is 1. The molecular formula is C16H16N2. The fourth-order valence-corrected chi connectivity index (χ4v) is 2.16. The molecule has 0 spiro atoms. The van der Waals surface area contributed by atoms with E-state index >= 15 is 0 Å². The Morgan fingerprint density at radius 2 is 1.89 bits per heavy atom. The summed E-state index contributed by atoms with van der Waals surface area (Å²) in [5, 5.41) is 4.68. The number of aryl methyl sites for hydroxylation is 1. The van der Waals surface area contributed by atoms with Gasteiger partial charge < -0.3 is 10.3 Å². The van der Waals surface area contributed by atoms with E-state index in [1.807, 2.05) is 6.20 Å². The van der Waals surface area contributed by atoms with Gasteiger partial charge in [-0.05, 0) is 47.7 Å². The number of hydrogen-bond acceptors (Lipinski definition) is 1. The van der Waals surface area contributed by atoms with E-state index in [4.69, 9.17) is 0 Å². The van der Waals surface area contributed by atoms with E-state index in [1.165, 1.54) is 10.9 Å². The van der Waals surface area contributed by atoms with Crippen molar-refractivity contribution in [2.24, 2.45) is 0 Å². The normalized spacial score (nSPS) is 10.7. The summed E-state index contributed by atoms with van der Waals surface area (Å²) in [5.41, 5.74) is 4.76. The number of nitrogens with one attached hydrogen (secondary N) is 2. The van der Waals surface area contributed by atoms with Gasteiger partial charge in [0.2, 0.25) is 0 Å². The van der Waals surface area contributed by atoms with Crippen LogP contribution in [-0.2, 0) is 6.42 Å². The minimum Gasteiger partial charge on any atom is -0.361 e. The molecule has 2 heteroatoms. The lowest BCUT2D eigenvalue weighted by molar-refractivity contribution is 1.14. The van der Waals surface area contributed by atoms with Gasteiger partial charge in [-0.25, -0.2) is 0 Å². The Balaban J connectivity index is 1.90. The zero-order valence-electron chi connectivity index (χ0n) is 10.4. The summed E-state index contributed by atoms with van der Waals surface area (Å²) in [6.45, 7) is 2.17. The van der Waals surface area contributed by atoms with E-state index in [0.29, 0.717) is 0 Å². The van der Waals surface area contributed by atoms with Gasteiger partial charge in [0.1, 0.15) is 0 Å². The predicted octanol–water partition coefficient (Wildman–Crippen LogP) is 4.47. The molecule has 2 aromatic carbocycles. The van der Waals surface area contributed by atoms with Gasteiger partial charge in [-0.3, -0.25) is 0 Å². The predicted molar refractivity (Wildman–Crippen MR) is 77.4 cm³/mol. The summed E-state index contributed by atoms with van der Waals surface area (Å²) >= 11 is 0. The molecule has 90 valence electrons. The Labute approximate surface area is 107 Å². The third-order valence-corrected chi connectivity index (χ3v) is 3.18. The minimum absolute atomic E-state index is 1.06. The van der Waals surface area contributed by atoms with Crippen LogP contribution in [0.3, 0.4) is 0 Å². The Morgan fingerprint density at radius 3 is 2.78 bits per heavy atom. The van der Waals surface area contributed by atoms with Crippen molar-refractivity contribution < 1.29 is 0 Å². The highest BCUT2D eigenvalue weighted by Gasteiger charge is 1.98. The van der Waals surface area contributed by atoms with E-state index in [-0.39, 0.29) is 0 Å². The first-order valence-corrected chi connectivity index (χ1v) is 6.28. The van der Waals surface area contributed by atoms with Gasteiger partial charge in [-0.2, -0.15) is 0 Å². The molecule has 3 rings (SSSR count). The zero-order valence-corrected chi connectivity index (χ0v) is 10.4. The van der Waals surface area contributed by atoms with Crippen LogP contribution in [0.25, 0.3) is 10.9 Å². The van der Waals surface area contributed by atoms with Gasteiger partial charge >= 0.3 is 0 Å². The third kappa shape index (κ3) is 2.09. The Hall–Kier alpha value is -2.22. The molecule has 0 aliphatic heterocycles. The van der Waals surface area contributed by atoms with Crippen LogP contribution >= 0.6 is 0 Å². The molecule has 0 unspecified atom stereocenters. The Kier molecular flexibility index (Phi) is 2.77. The van der Waals surface area contributed by atoms with Crippen LogP contribution in [0.15, 0.2) is 54.7 Å². The van der Waals surface area contributed by atoms with E-state index in [9.17, 15) is 0 Å². The average Bonchev–Trinajstić information content (AvgIpc) is 2.86. The van der Waals surface area contributed by atoms with Crippen LogP contribution in [0.2, 0.25) is 0 Å². The lowest BCUT2D eigenvalue weighted by atomic mass is 10.1. The summed E-state index contributed by atoms with van der Waals surface area (Å²) in [7, 11) is 0. The molecule has 0 fully saturated rings. The lowest BCUT2D eigenvalue weighted by Gasteiger charge is -2.08. The molecule has 2 N–H and O–H groups in total. The maximum absolute atomic E-state index is 3.44. The minimum atomic E-state index is 1.06. The van der Waals surface area contributed by atoms with Crippen molar-refractivity contribution in [1.29, 1.82) is 0 Å². The van der Waals surface area contributed by atoms with E-state index in [2.05, 4.69) is 65.8 Å². The highest BCUT2D eigenvalue weighted by molar-refractivity contribution is 5.83. The number of rotatable bonds is 3. The first-order chi connectivity index (χ1) is 8.85. The molecule has 0 saturated heterocycles. The zero-order chi connectivity index (χ0) is 12.4. The van der Waals surface area contributed by atoms with E-state index < -0.39 is 0 Å². The smallest absolute Gasteiger partial charge is 0.0474 e. The van der Waals surface area contributed by atoms with Crippen LogP contribution < -0.4 is 5.32 Å². The van der Waals surface area contributed by atoms with Crippen molar-refractivity contribution in [3.05, 3.63) is 60.3 Å². The molecule has 3 aromatic rings. The third-order valence-electron chi connectivity index (χ3n) is 3.18. The fourth-order valence-electron chi connectivity index (χ4n) is 2.16. The average molecular weight is 236 g/mol. The number of anilines is 2. The van der Waals surface area contributed by atoms with Gasteiger partial charge in [0.25, 0.3) is 0 Å².